The van der Waals surface area contributed by atoms with Crippen LogP contribution >= 0.6 is 0 Å². The van der Waals surface area contributed by atoms with E-state index < -0.39 is 0 Å². The highest BCUT2D eigenvalue weighted by molar-refractivity contribution is 5.58. The minimum Gasteiger partial charge on any atom is -0.497 e. The Hall–Kier alpha value is -1.80. The van der Waals surface area contributed by atoms with Gasteiger partial charge in [-0.1, -0.05) is 37.3 Å². The van der Waals surface area contributed by atoms with E-state index in [1.807, 2.05) is 0 Å². The molecular weight excluding hydrogens is 294 g/mol. The van der Waals surface area contributed by atoms with Crippen molar-refractivity contribution in [3.63, 3.8) is 0 Å². The van der Waals surface area contributed by atoms with E-state index in [1.54, 1.807) is 7.11 Å². The fourth-order valence-electron chi connectivity index (χ4n) is 5.59. The van der Waals surface area contributed by atoms with Gasteiger partial charge in [-0.15, -0.1) is 0 Å². The maximum atomic E-state index is 5.53. The van der Waals surface area contributed by atoms with Gasteiger partial charge in [0, 0.05) is 5.54 Å². The Bertz CT molecular complexity index is 859. The van der Waals surface area contributed by atoms with E-state index in [-0.39, 0.29) is 11.1 Å². The molecule has 0 amide bonds. The average Bonchev–Trinajstić information content (AvgIpc) is 3.15. The van der Waals surface area contributed by atoms with Crippen molar-refractivity contribution >= 4 is 0 Å². The Balaban J connectivity index is 1.83. The first-order chi connectivity index (χ1) is 11.4. The summed E-state index contributed by atoms with van der Waals surface area (Å²) in [5.41, 5.74) is 6.02. The number of nitrogens with one attached hydrogen (secondary N) is 1. The minimum atomic E-state index is -0.135. The van der Waals surface area contributed by atoms with Gasteiger partial charge in [0.2, 0.25) is 0 Å². The SMILES string of the molecule is COc1ccc2c(c1)[C@]1(C)C[C@H]3C[C@@]3(C)c3ccccc3[C@@]2(C)N1. The second-order valence-corrected chi connectivity index (χ2v) is 8.56. The van der Waals surface area contributed by atoms with Gasteiger partial charge < -0.3 is 4.74 Å². The van der Waals surface area contributed by atoms with Crippen molar-refractivity contribution in [2.75, 3.05) is 7.11 Å². The van der Waals surface area contributed by atoms with Crippen LogP contribution in [0.15, 0.2) is 42.5 Å². The summed E-state index contributed by atoms with van der Waals surface area (Å²) in [5.74, 6) is 1.70. The number of rotatable bonds is 1. The van der Waals surface area contributed by atoms with Crippen LogP contribution in [0.3, 0.4) is 0 Å². The Kier molecular flexibility index (Phi) is 2.56. The number of benzene rings is 2. The number of ether oxygens (including phenoxy) is 1. The van der Waals surface area contributed by atoms with Crippen LogP contribution in [-0.4, -0.2) is 7.11 Å². The molecule has 3 aliphatic rings. The summed E-state index contributed by atoms with van der Waals surface area (Å²) in [6, 6.07) is 15.7. The van der Waals surface area contributed by atoms with Gasteiger partial charge in [-0.05, 0) is 72.4 Å². The zero-order valence-corrected chi connectivity index (χ0v) is 14.9. The fourth-order valence-corrected chi connectivity index (χ4v) is 5.59. The Morgan fingerprint density at radius 3 is 2.38 bits per heavy atom. The summed E-state index contributed by atoms with van der Waals surface area (Å²) in [5, 5.41) is 4.04. The molecule has 2 aliphatic heterocycles. The first-order valence-corrected chi connectivity index (χ1v) is 8.99. The quantitative estimate of drug-likeness (QED) is 0.838. The van der Waals surface area contributed by atoms with Crippen molar-refractivity contribution in [2.45, 2.75) is 50.1 Å². The molecule has 0 radical (unpaired) electrons. The third-order valence-corrected chi connectivity index (χ3v) is 7.03. The molecule has 2 bridgehead atoms. The maximum Gasteiger partial charge on any atom is 0.119 e. The van der Waals surface area contributed by atoms with Crippen LogP contribution in [0.2, 0.25) is 0 Å². The van der Waals surface area contributed by atoms with Crippen molar-refractivity contribution in [3.05, 3.63) is 64.7 Å². The zero-order chi connectivity index (χ0) is 16.7. The average molecular weight is 319 g/mol. The second kappa shape index (κ2) is 4.23. The standard InChI is InChI=1S/C22H25NO/c1-20-12-14(20)13-21(2)19-11-15(24-4)9-10-18(19)22(3,23-21)17-8-6-5-7-16(17)20/h5-11,14,23H,12-13H2,1-4H3/t14-,20-,21+,22-/m1/s1. The second-order valence-electron chi connectivity index (χ2n) is 8.56. The van der Waals surface area contributed by atoms with Crippen molar-refractivity contribution in [1.29, 1.82) is 0 Å². The predicted octanol–water partition coefficient (Wildman–Crippen LogP) is 4.46. The van der Waals surface area contributed by atoms with Crippen LogP contribution in [0.25, 0.3) is 0 Å². The molecule has 2 aromatic rings. The molecule has 2 heterocycles. The molecule has 2 aromatic carbocycles. The maximum absolute atomic E-state index is 5.53. The molecule has 5 rings (SSSR count). The van der Waals surface area contributed by atoms with Crippen molar-refractivity contribution in [3.8, 4) is 5.75 Å². The molecule has 1 aliphatic carbocycles. The monoisotopic (exact) mass is 319 g/mol. The molecule has 24 heavy (non-hydrogen) atoms. The van der Waals surface area contributed by atoms with E-state index in [2.05, 4.69) is 68.6 Å². The topological polar surface area (TPSA) is 21.3 Å². The van der Waals surface area contributed by atoms with Gasteiger partial charge >= 0.3 is 0 Å². The van der Waals surface area contributed by atoms with Gasteiger partial charge in [0.25, 0.3) is 0 Å². The van der Waals surface area contributed by atoms with Crippen LogP contribution in [0, 0.1) is 5.92 Å². The highest BCUT2D eigenvalue weighted by atomic mass is 16.5. The van der Waals surface area contributed by atoms with Crippen LogP contribution < -0.4 is 10.1 Å². The van der Waals surface area contributed by atoms with Crippen molar-refractivity contribution in [1.82, 2.24) is 5.32 Å². The van der Waals surface area contributed by atoms with E-state index in [9.17, 15) is 0 Å². The van der Waals surface area contributed by atoms with E-state index in [0.717, 1.165) is 11.7 Å². The van der Waals surface area contributed by atoms with Gasteiger partial charge in [0.05, 0.1) is 12.6 Å². The molecule has 2 heteroatoms. The number of methoxy groups -OCH3 is 1. The zero-order valence-electron chi connectivity index (χ0n) is 14.9. The lowest BCUT2D eigenvalue weighted by atomic mass is 9.78. The highest BCUT2D eigenvalue weighted by Gasteiger charge is 2.60. The van der Waals surface area contributed by atoms with E-state index in [0.29, 0.717) is 5.41 Å². The summed E-state index contributed by atoms with van der Waals surface area (Å²) in [7, 11) is 1.76. The number of fused-ring (bicyclic) bond motifs is 9. The van der Waals surface area contributed by atoms with Gasteiger partial charge in [-0.2, -0.15) is 0 Å². The molecular formula is C22H25NO. The molecule has 1 fully saturated rings. The summed E-state index contributed by atoms with van der Waals surface area (Å²) in [6.45, 7) is 7.19. The first-order valence-electron chi connectivity index (χ1n) is 8.99. The van der Waals surface area contributed by atoms with Gasteiger partial charge in [-0.25, -0.2) is 0 Å². The van der Waals surface area contributed by atoms with Gasteiger partial charge in [-0.3, -0.25) is 5.32 Å². The van der Waals surface area contributed by atoms with E-state index >= 15 is 0 Å². The molecule has 0 aromatic heterocycles. The number of hydrogen-bond donors (Lipinski definition) is 1. The summed E-state index contributed by atoms with van der Waals surface area (Å²) in [6.07, 6.45) is 2.49. The van der Waals surface area contributed by atoms with Gasteiger partial charge in [0.15, 0.2) is 0 Å². The third kappa shape index (κ3) is 1.60. The molecule has 1 saturated carbocycles. The summed E-state index contributed by atoms with van der Waals surface area (Å²) >= 11 is 0. The Morgan fingerprint density at radius 1 is 0.917 bits per heavy atom. The highest BCUT2D eigenvalue weighted by Crippen LogP contribution is 2.64. The molecule has 2 nitrogen and oxygen atoms in total. The normalized spacial score (nSPS) is 38.4. The van der Waals surface area contributed by atoms with E-state index in [1.165, 1.54) is 35.1 Å². The van der Waals surface area contributed by atoms with Crippen molar-refractivity contribution < 1.29 is 4.74 Å². The fraction of sp³-hybridized carbons (Fsp3) is 0.455. The Labute approximate surface area is 144 Å². The molecule has 1 N–H and O–H groups in total. The summed E-state index contributed by atoms with van der Waals surface area (Å²) in [4.78, 5) is 0. The lowest BCUT2D eigenvalue weighted by molar-refractivity contribution is 0.266. The lowest BCUT2D eigenvalue weighted by Crippen LogP contribution is -2.47. The lowest BCUT2D eigenvalue weighted by Gasteiger charge is -2.38. The predicted molar refractivity (Wildman–Crippen MR) is 96.5 cm³/mol. The minimum absolute atomic E-state index is 0.00851. The first kappa shape index (κ1) is 14.5. The van der Waals surface area contributed by atoms with Gasteiger partial charge in [0.1, 0.15) is 5.75 Å². The number of hydrogen-bond acceptors (Lipinski definition) is 2. The molecule has 4 atom stereocenters. The van der Waals surface area contributed by atoms with Crippen LogP contribution in [0.1, 0.15) is 55.9 Å². The van der Waals surface area contributed by atoms with Crippen LogP contribution in [0.5, 0.6) is 5.75 Å². The third-order valence-electron chi connectivity index (χ3n) is 7.03. The molecule has 0 unspecified atom stereocenters. The molecule has 0 spiro atoms. The van der Waals surface area contributed by atoms with Crippen molar-refractivity contribution in [2.24, 2.45) is 5.92 Å². The van der Waals surface area contributed by atoms with Crippen LogP contribution in [-0.2, 0) is 16.5 Å². The van der Waals surface area contributed by atoms with Crippen LogP contribution in [0.4, 0.5) is 0 Å². The largest absolute Gasteiger partial charge is 0.497 e. The van der Waals surface area contributed by atoms with E-state index in [4.69, 9.17) is 4.74 Å². The molecule has 0 saturated heterocycles. The smallest absolute Gasteiger partial charge is 0.119 e. The summed E-state index contributed by atoms with van der Waals surface area (Å²) < 4.78 is 5.53. The molecule has 124 valence electrons. The Morgan fingerprint density at radius 2 is 1.62 bits per heavy atom.